The van der Waals surface area contributed by atoms with Crippen LogP contribution in [0.3, 0.4) is 0 Å². The molecule has 0 spiro atoms. The molecule has 1 rings (SSSR count). The predicted octanol–water partition coefficient (Wildman–Crippen LogP) is 2.54. The minimum absolute atomic E-state index is 0.0511. The summed E-state index contributed by atoms with van der Waals surface area (Å²) in [5.41, 5.74) is 1.64. The highest BCUT2D eigenvalue weighted by molar-refractivity contribution is 9.10. The maximum Gasteiger partial charge on any atom is 0.165 e. The molecule has 0 amide bonds. The summed E-state index contributed by atoms with van der Waals surface area (Å²) in [5.74, 6) is 0.433. The molecule has 0 aliphatic rings. The smallest absolute Gasteiger partial charge is 0.165 e. The van der Waals surface area contributed by atoms with Crippen molar-refractivity contribution in [2.45, 2.75) is 13.3 Å². The number of aromatic hydroxyl groups is 1. The van der Waals surface area contributed by atoms with Gasteiger partial charge in [-0.3, -0.25) is 0 Å². The van der Waals surface area contributed by atoms with Crippen LogP contribution in [-0.2, 0) is 6.42 Å². The van der Waals surface area contributed by atoms with E-state index in [2.05, 4.69) is 15.9 Å². The molecule has 0 aliphatic heterocycles. The van der Waals surface area contributed by atoms with Gasteiger partial charge in [0.25, 0.3) is 0 Å². The quantitative estimate of drug-likeness (QED) is 0.884. The highest BCUT2D eigenvalue weighted by Crippen LogP contribution is 2.37. The van der Waals surface area contributed by atoms with E-state index in [1.165, 1.54) is 7.11 Å². The lowest BCUT2D eigenvalue weighted by molar-refractivity contribution is 0.369. The third kappa shape index (κ3) is 1.83. The normalized spacial score (nSPS) is 9.57. The average molecular weight is 256 g/mol. The van der Waals surface area contributed by atoms with Gasteiger partial charge in [0.05, 0.1) is 19.6 Å². The van der Waals surface area contributed by atoms with Crippen molar-refractivity contribution in [1.29, 1.82) is 5.26 Å². The van der Waals surface area contributed by atoms with Crippen molar-refractivity contribution in [3.8, 4) is 17.6 Å². The van der Waals surface area contributed by atoms with Crippen molar-refractivity contribution >= 4 is 15.9 Å². The Hall–Kier alpha value is -1.21. The monoisotopic (exact) mass is 255 g/mol. The Labute approximate surface area is 91.1 Å². The van der Waals surface area contributed by atoms with Crippen molar-refractivity contribution in [3.05, 3.63) is 21.7 Å². The van der Waals surface area contributed by atoms with Crippen LogP contribution in [0.4, 0.5) is 0 Å². The second-order valence-electron chi connectivity index (χ2n) is 2.85. The van der Waals surface area contributed by atoms with Gasteiger partial charge in [0.1, 0.15) is 0 Å². The predicted molar refractivity (Wildman–Crippen MR) is 56.4 cm³/mol. The molecule has 1 N–H and O–H groups in total. The molecule has 74 valence electrons. The molecule has 0 unspecified atom stereocenters. The van der Waals surface area contributed by atoms with Crippen molar-refractivity contribution in [2.75, 3.05) is 7.11 Å². The Bertz CT molecular complexity index is 396. The summed E-state index contributed by atoms with van der Waals surface area (Å²) in [4.78, 5) is 0. The number of nitrogens with zero attached hydrogens (tertiary/aromatic N) is 1. The van der Waals surface area contributed by atoms with E-state index in [0.29, 0.717) is 5.75 Å². The van der Waals surface area contributed by atoms with E-state index in [4.69, 9.17) is 10.00 Å². The second kappa shape index (κ2) is 4.34. The van der Waals surface area contributed by atoms with E-state index in [0.717, 1.165) is 15.6 Å². The molecule has 0 saturated heterocycles. The van der Waals surface area contributed by atoms with Gasteiger partial charge in [0, 0.05) is 10.0 Å². The van der Waals surface area contributed by atoms with Crippen LogP contribution in [0.15, 0.2) is 10.5 Å². The summed E-state index contributed by atoms with van der Waals surface area (Å²) < 4.78 is 5.82. The largest absolute Gasteiger partial charge is 0.504 e. The molecule has 0 bridgehead atoms. The Balaban J connectivity index is 3.41. The molecule has 1 aromatic carbocycles. The van der Waals surface area contributed by atoms with Crippen molar-refractivity contribution < 1.29 is 9.84 Å². The van der Waals surface area contributed by atoms with Gasteiger partial charge in [0.15, 0.2) is 11.5 Å². The molecular weight excluding hydrogens is 246 g/mol. The van der Waals surface area contributed by atoms with Gasteiger partial charge in [0.2, 0.25) is 0 Å². The maximum absolute atomic E-state index is 9.56. The Morgan fingerprint density at radius 2 is 2.29 bits per heavy atom. The van der Waals surface area contributed by atoms with E-state index in [-0.39, 0.29) is 12.2 Å². The van der Waals surface area contributed by atoms with E-state index in [1.54, 1.807) is 6.07 Å². The molecule has 3 nitrogen and oxygen atoms in total. The zero-order chi connectivity index (χ0) is 10.7. The number of halogens is 1. The Morgan fingerprint density at radius 3 is 2.79 bits per heavy atom. The number of hydrogen-bond donors (Lipinski definition) is 1. The number of methoxy groups -OCH3 is 1. The number of rotatable bonds is 2. The third-order valence-electron chi connectivity index (χ3n) is 2.04. The molecule has 0 saturated carbocycles. The van der Waals surface area contributed by atoms with Crippen LogP contribution in [-0.4, -0.2) is 12.2 Å². The molecule has 0 heterocycles. The van der Waals surface area contributed by atoms with Gasteiger partial charge >= 0.3 is 0 Å². The minimum atomic E-state index is 0.0511. The van der Waals surface area contributed by atoms with Gasteiger partial charge in [-0.1, -0.05) is 15.9 Å². The zero-order valence-electron chi connectivity index (χ0n) is 7.97. The first-order valence-electron chi connectivity index (χ1n) is 4.03. The molecule has 4 heteroatoms. The highest BCUT2D eigenvalue weighted by atomic mass is 79.9. The maximum atomic E-state index is 9.56. The molecule has 14 heavy (non-hydrogen) atoms. The van der Waals surface area contributed by atoms with Gasteiger partial charge in [-0.25, -0.2) is 0 Å². The topological polar surface area (TPSA) is 53.2 Å². The molecule has 0 aliphatic carbocycles. The summed E-state index contributed by atoms with van der Waals surface area (Å²) in [7, 11) is 1.48. The molecule has 0 atom stereocenters. The molecular formula is C10H10BrNO2. The second-order valence-corrected chi connectivity index (χ2v) is 3.70. The fourth-order valence-electron chi connectivity index (χ4n) is 1.28. The van der Waals surface area contributed by atoms with E-state index >= 15 is 0 Å². The summed E-state index contributed by atoms with van der Waals surface area (Å²) >= 11 is 3.31. The number of nitriles is 1. The SMILES string of the molecule is COc1c(O)cc(Br)c(C)c1CC#N. The van der Waals surface area contributed by atoms with Crippen LogP contribution in [0.1, 0.15) is 11.1 Å². The third-order valence-corrected chi connectivity index (χ3v) is 2.86. The van der Waals surface area contributed by atoms with Crippen LogP contribution >= 0.6 is 15.9 Å². The molecule has 1 aromatic rings. The Morgan fingerprint density at radius 1 is 1.64 bits per heavy atom. The number of hydrogen-bond acceptors (Lipinski definition) is 3. The van der Waals surface area contributed by atoms with E-state index in [9.17, 15) is 5.11 Å². The Kier molecular flexibility index (Phi) is 3.37. The summed E-state index contributed by atoms with van der Waals surface area (Å²) in [6.07, 6.45) is 0.224. The lowest BCUT2D eigenvalue weighted by Crippen LogP contribution is -1.96. The average Bonchev–Trinajstić information content (AvgIpc) is 2.14. The van der Waals surface area contributed by atoms with Crippen LogP contribution in [0, 0.1) is 18.3 Å². The molecule has 0 aromatic heterocycles. The van der Waals surface area contributed by atoms with E-state index < -0.39 is 0 Å². The van der Waals surface area contributed by atoms with E-state index in [1.807, 2.05) is 13.0 Å². The highest BCUT2D eigenvalue weighted by Gasteiger charge is 2.14. The molecule has 0 fully saturated rings. The van der Waals surface area contributed by atoms with Crippen molar-refractivity contribution in [2.24, 2.45) is 0 Å². The van der Waals surface area contributed by atoms with Crippen molar-refractivity contribution in [1.82, 2.24) is 0 Å². The number of phenolic OH excluding ortho intramolecular Hbond substituents is 1. The lowest BCUT2D eigenvalue weighted by Gasteiger charge is -2.12. The minimum Gasteiger partial charge on any atom is -0.504 e. The fourth-order valence-corrected chi connectivity index (χ4v) is 1.74. The van der Waals surface area contributed by atoms with Gasteiger partial charge in [-0.05, 0) is 18.6 Å². The summed E-state index contributed by atoms with van der Waals surface area (Å²) in [6, 6.07) is 3.61. The van der Waals surface area contributed by atoms with Crippen molar-refractivity contribution in [3.63, 3.8) is 0 Å². The number of benzene rings is 1. The zero-order valence-corrected chi connectivity index (χ0v) is 9.55. The van der Waals surface area contributed by atoms with Crippen LogP contribution in [0.25, 0.3) is 0 Å². The fraction of sp³-hybridized carbons (Fsp3) is 0.300. The first-order chi connectivity index (χ1) is 6.61. The first kappa shape index (κ1) is 10.9. The van der Waals surface area contributed by atoms with Gasteiger partial charge in [-0.15, -0.1) is 0 Å². The van der Waals surface area contributed by atoms with Crippen LogP contribution in [0.5, 0.6) is 11.5 Å². The summed E-state index contributed by atoms with van der Waals surface area (Å²) in [6.45, 7) is 1.87. The number of phenols is 1. The number of ether oxygens (including phenoxy) is 1. The first-order valence-corrected chi connectivity index (χ1v) is 4.83. The lowest BCUT2D eigenvalue weighted by atomic mass is 10.0. The molecule has 0 radical (unpaired) electrons. The standard InChI is InChI=1S/C10H10BrNO2/c1-6-7(3-4-12)10(14-2)9(13)5-8(6)11/h5,13H,3H2,1-2H3. The van der Waals surface area contributed by atoms with Crippen LogP contribution in [0.2, 0.25) is 0 Å². The van der Waals surface area contributed by atoms with Crippen LogP contribution < -0.4 is 4.74 Å². The summed E-state index contributed by atoms with van der Waals surface area (Å²) in [5, 5.41) is 18.2. The van der Waals surface area contributed by atoms with Gasteiger partial charge < -0.3 is 9.84 Å². The van der Waals surface area contributed by atoms with Gasteiger partial charge in [-0.2, -0.15) is 5.26 Å².